The fourth-order valence-electron chi connectivity index (χ4n) is 1.77. The number of hydrogen-bond donors (Lipinski definition) is 1. The second kappa shape index (κ2) is 5.48. The Morgan fingerprint density at radius 2 is 1.72 bits per heavy atom. The summed E-state index contributed by atoms with van der Waals surface area (Å²) in [5, 5.41) is 0.610. The third-order valence-electron chi connectivity index (χ3n) is 2.56. The average molecular weight is 270 g/mol. The molecule has 1 rings (SSSR count). The number of carbonyl (C=O) groups is 1. The molecule has 0 aliphatic carbocycles. The molecule has 102 valence electrons. The standard InChI is InChI=1S/C14H23O3P/c1-11(2)17-18(16,13(15)14(3,4)5)12-9-7-6-8-10-12/h6-11,16,18H,1-5H3. The molecule has 0 aromatic heterocycles. The van der Waals surface area contributed by atoms with Crippen LogP contribution in [0.25, 0.3) is 0 Å². The average Bonchev–Trinajstić information content (AvgIpc) is 2.27. The molecule has 18 heavy (non-hydrogen) atoms. The van der Waals surface area contributed by atoms with Crippen molar-refractivity contribution < 1.29 is 14.2 Å². The van der Waals surface area contributed by atoms with Crippen LogP contribution in [-0.2, 0) is 9.32 Å². The number of rotatable bonds is 4. The fraction of sp³-hybridized carbons (Fsp3) is 0.500. The minimum absolute atomic E-state index is 0.187. The Kier molecular flexibility index (Phi) is 4.66. The normalized spacial score (nSPS) is 13.7. The van der Waals surface area contributed by atoms with E-state index in [0.717, 1.165) is 0 Å². The molecule has 0 saturated carbocycles. The summed E-state index contributed by atoms with van der Waals surface area (Å²) in [4.78, 5) is 23.3. The molecule has 0 atom stereocenters. The van der Waals surface area contributed by atoms with Crippen LogP contribution in [0.1, 0.15) is 34.6 Å². The van der Waals surface area contributed by atoms with E-state index in [-0.39, 0.29) is 11.6 Å². The van der Waals surface area contributed by atoms with Crippen molar-refractivity contribution in [2.24, 2.45) is 5.41 Å². The third kappa shape index (κ3) is 3.38. The van der Waals surface area contributed by atoms with Crippen molar-refractivity contribution in [2.45, 2.75) is 40.7 Å². The summed E-state index contributed by atoms with van der Waals surface area (Å²) >= 11 is 0. The van der Waals surface area contributed by atoms with E-state index in [0.29, 0.717) is 5.30 Å². The summed E-state index contributed by atoms with van der Waals surface area (Å²) in [6, 6.07) is 9.01. The van der Waals surface area contributed by atoms with Crippen molar-refractivity contribution in [1.29, 1.82) is 0 Å². The van der Waals surface area contributed by atoms with E-state index in [1.54, 1.807) is 32.9 Å². The Balaban J connectivity index is 3.24. The van der Waals surface area contributed by atoms with Gasteiger partial charge in [-0.25, -0.2) is 0 Å². The molecular formula is C14H23O3P. The van der Waals surface area contributed by atoms with Crippen molar-refractivity contribution >= 4 is 18.5 Å². The maximum absolute atomic E-state index is 12.5. The molecule has 1 aromatic carbocycles. The summed E-state index contributed by atoms with van der Waals surface area (Å²) in [5.41, 5.74) is -0.819. The molecule has 1 N–H and O–H groups in total. The zero-order valence-electron chi connectivity index (χ0n) is 11.7. The summed E-state index contributed by atoms with van der Waals surface area (Å²) < 4.78 is 5.66. The molecule has 0 aliphatic heterocycles. The topological polar surface area (TPSA) is 46.5 Å². The molecule has 0 heterocycles. The SMILES string of the molecule is CC(C)O[PH](O)(C(=O)C(C)(C)C)c1ccccc1. The maximum atomic E-state index is 12.5. The molecule has 4 heteroatoms. The Bertz CT molecular complexity index is 409. The van der Waals surface area contributed by atoms with Gasteiger partial charge in [0, 0.05) is 0 Å². The van der Waals surface area contributed by atoms with E-state index in [9.17, 15) is 9.69 Å². The van der Waals surface area contributed by atoms with Gasteiger partial charge in [0.05, 0.1) is 0 Å². The molecule has 0 spiro atoms. The molecular weight excluding hydrogens is 247 g/mol. The van der Waals surface area contributed by atoms with Crippen LogP contribution >= 0.6 is 7.72 Å². The van der Waals surface area contributed by atoms with E-state index in [4.69, 9.17) is 4.52 Å². The predicted molar refractivity (Wildman–Crippen MR) is 77.3 cm³/mol. The quantitative estimate of drug-likeness (QED) is 0.856. The van der Waals surface area contributed by atoms with E-state index in [2.05, 4.69) is 0 Å². The Hall–Kier alpha value is -0.760. The van der Waals surface area contributed by atoms with Gasteiger partial charge in [-0.2, -0.15) is 0 Å². The van der Waals surface area contributed by atoms with Gasteiger partial charge in [-0.05, 0) is 0 Å². The number of hydrogen-bond acceptors (Lipinski definition) is 3. The van der Waals surface area contributed by atoms with Gasteiger partial charge < -0.3 is 0 Å². The summed E-state index contributed by atoms with van der Waals surface area (Å²) in [6.07, 6.45) is -0.187. The second-order valence-electron chi connectivity index (χ2n) is 5.76. The van der Waals surface area contributed by atoms with Crippen molar-refractivity contribution in [3.8, 4) is 0 Å². The van der Waals surface area contributed by atoms with Gasteiger partial charge in [-0.3, -0.25) is 0 Å². The second-order valence-corrected chi connectivity index (χ2v) is 8.31. The van der Waals surface area contributed by atoms with Crippen LogP contribution in [0.2, 0.25) is 0 Å². The molecule has 0 aliphatic rings. The first-order valence-corrected chi connectivity index (χ1v) is 8.04. The van der Waals surface area contributed by atoms with Crippen LogP contribution in [0, 0.1) is 5.41 Å². The van der Waals surface area contributed by atoms with E-state index in [1.165, 1.54) is 0 Å². The molecule has 0 amide bonds. The van der Waals surface area contributed by atoms with Crippen molar-refractivity contribution in [2.75, 3.05) is 0 Å². The Morgan fingerprint density at radius 1 is 1.22 bits per heavy atom. The number of carbonyl (C=O) groups excluding carboxylic acids is 1. The van der Waals surface area contributed by atoms with Crippen molar-refractivity contribution in [3.05, 3.63) is 30.3 Å². The van der Waals surface area contributed by atoms with E-state index < -0.39 is 13.1 Å². The van der Waals surface area contributed by atoms with Gasteiger partial charge in [0.25, 0.3) is 0 Å². The van der Waals surface area contributed by atoms with Crippen LogP contribution < -0.4 is 5.30 Å². The predicted octanol–water partition coefficient (Wildman–Crippen LogP) is 2.88. The van der Waals surface area contributed by atoms with Crippen LogP contribution in [0.5, 0.6) is 0 Å². The van der Waals surface area contributed by atoms with Crippen LogP contribution in [-0.4, -0.2) is 16.5 Å². The van der Waals surface area contributed by atoms with Crippen LogP contribution in [0.4, 0.5) is 0 Å². The molecule has 0 saturated heterocycles. The van der Waals surface area contributed by atoms with Gasteiger partial charge in [0.1, 0.15) is 0 Å². The van der Waals surface area contributed by atoms with Gasteiger partial charge in [0.15, 0.2) is 0 Å². The first-order valence-electron chi connectivity index (χ1n) is 6.18. The molecule has 0 radical (unpaired) electrons. The van der Waals surface area contributed by atoms with Gasteiger partial charge >= 0.3 is 109 Å². The monoisotopic (exact) mass is 270 g/mol. The van der Waals surface area contributed by atoms with Crippen molar-refractivity contribution in [1.82, 2.24) is 0 Å². The third-order valence-corrected chi connectivity index (χ3v) is 5.85. The summed E-state index contributed by atoms with van der Waals surface area (Å²) in [6.45, 7) is 9.08. The molecule has 0 unspecified atom stereocenters. The molecule has 1 aromatic rings. The number of benzene rings is 1. The minimum atomic E-state index is -3.57. The van der Waals surface area contributed by atoms with Gasteiger partial charge in [0.2, 0.25) is 0 Å². The molecule has 0 fully saturated rings. The Labute approximate surface area is 110 Å². The molecule has 0 bridgehead atoms. The first kappa shape index (κ1) is 15.3. The van der Waals surface area contributed by atoms with Crippen LogP contribution in [0.15, 0.2) is 30.3 Å². The van der Waals surface area contributed by atoms with Crippen LogP contribution in [0.3, 0.4) is 0 Å². The van der Waals surface area contributed by atoms with Gasteiger partial charge in [-0.15, -0.1) is 0 Å². The van der Waals surface area contributed by atoms with E-state index in [1.807, 2.05) is 32.0 Å². The summed E-state index contributed by atoms with van der Waals surface area (Å²) in [7, 11) is -3.57. The van der Waals surface area contributed by atoms with Gasteiger partial charge in [-0.1, -0.05) is 0 Å². The zero-order valence-corrected chi connectivity index (χ0v) is 12.7. The van der Waals surface area contributed by atoms with Crippen molar-refractivity contribution in [3.63, 3.8) is 0 Å². The Morgan fingerprint density at radius 3 is 2.11 bits per heavy atom. The van der Waals surface area contributed by atoms with E-state index >= 15 is 0 Å². The first-order chi connectivity index (χ1) is 8.18. The fourth-order valence-corrected chi connectivity index (χ4v) is 4.61. The summed E-state index contributed by atoms with van der Waals surface area (Å²) in [5.74, 6) is 0. The zero-order chi connectivity index (χ0) is 14.0. The molecule has 3 nitrogen and oxygen atoms in total.